The molecule has 0 aliphatic rings. The molecule has 1 aromatic carbocycles. The Kier molecular flexibility index (Phi) is 3.94. The van der Waals surface area contributed by atoms with Crippen LogP contribution in [0.25, 0.3) is 11.0 Å². The van der Waals surface area contributed by atoms with Crippen LogP contribution in [0.3, 0.4) is 0 Å². The zero-order chi connectivity index (χ0) is 12.3. The molecule has 0 aliphatic carbocycles. The summed E-state index contributed by atoms with van der Waals surface area (Å²) in [5.41, 5.74) is 2.22. The lowest BCUT2D eigenvalue weighted by Crippen LogP contribution is -2.18. The number of imidazole rings is 1. The summed E-state index contributed by atoms with van der Waals surface area (Å²) in [5.74, 6) is 2.14. The van der Waals surface area contributed by atoms with Gasteiger partial charge in [-0.15, -0.1) is 0 Å². The van der Waals surface area contributed by atoms with Crippen molar-refractivity contribution >= 4 is 28.7 Å². The van der Waals surface area contributed by atoms with Gasteiger partial charge in [0, 0.05) is 13.1 Å². The number of aryl methyl sites for hydroxylation is 1. The fourth-order valence-electron chi connectivity index (χ4n) is 1.86. The molecule has 0 saturated carbocycles. The van der Waals surface area contributed by atoms with Crippen LogP contribution in [-0.4, -0.2) is 27.6 Å². The molecule has 3 nitrogen and oxygen atoms in total. The van der Waals surface area contributed by atoms with E-state index in [-0.39, 0.29) is 0 Å². The van der Waals surface area contributed by atoms with Gasteiger partial charge in [0.05, 0.1) is 11.0 Å². The Morgan fingerprint density at radius 2 is 2.18 bits per heavy atom. The molecule has 1 aromatic heterocycles. The maximum absolute atomic E-state index is 4.61. The average Bonchev–Trinajstić information content (AvgIpc) is 2.64. The Bertz CT molecular complexity index is 492. The predicted molar refractivity (Wildman–Crippen MR) is 76.8 cm³/mol. The fraction of sp³-hybridized carbons (Fsp3) is 0.462. The van der Waals surface area contributed by atoms with Crippen molar-refractivity contribution in [2.24, 2.45) is 7.05 Å². The summed E-state index contributed by atoms with van der Waals surface area (Å²) in [5, 5.41) is 3.47. The Morgan fingerprint density at radius 3 is 2.88 bits per heavy atom. The minimum atomic E-state index is 0.456. The number of aromatic nitrogens is 2. The van der Waals surface area contributed by atoms with Gasteiger partial charge in [0.25, 0.3) is 0 Å². The van der Waals surface area contributed by atoms with E-state index in [0.717, 1.165) is 17.9 Å². The van der Waals surface area contributed by atoms with Crippen molar-refractivity contribution < 1.29 is 0 Å². The van der Waals surface area contributed by atoms with Crippen LogP contribution in [0, 0.1) is 0 Å². The van der Waals surface area contributed by atoms with Gasteiger partial charge in [-0.3, -0.25) is 0 Å². The van der Waals surface area contributed by atoms with Crippen molar-refractivity contribution in [2.45, 2.75) is 19.4 Å². The topological polar surface area (TPSA) is 29.9 Å². The van der Waals surface area contributed by atoms with Crippen molar-refractivity contribution in [3.8, 4) is 0 Å². The minimum absolute atomic E-state index is 0.456. The van der Waals surface area contributed by atoms with Crippen molar-refractivity contribution in [2.75, 3.05) is 17.3 Å². The quantitative estimate of drug-likeness (QED) is 0.883. The highest BCUT2D eigenvalue weighted by Crippen LogP contribution is 2.18. The monoisotopic (exact) mass is 249 g/mol. The summed E-state index contributed by atoms with van der Waals surface area (Å²) in [7, 11) is 2.05. The van der Waals surface area contributed by atoms with Gasteiger partial charge in [-0.2, -0.15) is 11.8 Å². The van der Waals surface area contributed by atoms with E-state index in [4.69, 9.17) is 0 Å². The van der Waals surface area contributed by atoms with Crippen LogP contribution < -0.4 is 5.32 Å². The zero-order valence-electron chi connectivity index (χ0n) is 10.6. The number of benzene rings is 1. The molecule has 92 valence electrons. The number of para-hydroxylation sites is 2. The van der Waals surface area contributed by atoms with E-state index in [2.05, 4.69) is 41.2 Å². The van der Waals surface area contributed by atoms with Crippen LogP contribution in [0.4, 0.5) is 5.95 Å². The molecule has 0 amide bonds. The van der Waals surface area contributed by atoms with Gasteiger partial charge in [-0.05, 0) is 37.5 Å². The number of thioether (sulfide) groups is 1. The Labute approximate surface area is 107 Å². The van der Waals surface area contributed by atoms with Gasteiger partial charge < -0.3 is 9.88 Å². The summed E-state index contributed by atoms with van der Waals surface area (Å²) in [6, 6.07) is 8.67. The van der Waals surface area contributed by atoms with Crippen molar-refractivity contribution in [3.05, 3.63) is 24.3 Å². The van der Waals surface area contributed by atoms with Crippen LogP contribution in [-0.2, 0) is 7.05 Å². The molecule has 0 fully saturated rings. The summed E-state index contributed by atoms with van der Waals surface area (Å²) < 4.78 is 2.12. The molecule has 17 heavy (non-hydrogen) atoms. The summed E-state index contributed by atoms with van der Waals surface area (Å²) in [6.45, 7) is 2.20. The molecule has 0 bridgehead atoms. The first-order chi connectivity index (χ1) is 8.22. The maximum Gasteiger partial charge on any atom is 0.203 e. The van der Waals surface area contributed by atoms with E-state index in [9.17, 15) is 0 Å². The van der Waals surface area contributed by atoms with E-state index in [1.807, 2.05) is 30.0 Å². The highest BCUT2D eigenvalue weighted by atomic mass is 32.2. The van der Waals surface area contributed by atoms with Gasteiger partial charge >= 0.3 is 0 Å². The number of nitrogens with one attached hydrogen (secondary N) is 1. The predicted octanol–water partition coefficient (Wildman–Crippen LogP) is 3.13. The largest absolute Gasteiger partial charge is 0.353 e. The molecule has 2 aromatic rings. The molecule has 0 aliphatic heterocycles. The van der Waals surface area contributed by atoms with Gasteiger partial charge in [0.2, 0.25) is 5.95 Å². The first-order valence-electron chi connectivity index (χ1n) is 5.89. The average molecular weight is 249 g/mol. The highest BCUT2D eigenvalue weighted by molar-refractivity contribution is 7.98. The lowest BCUT2D eigenvalue weighted by molar-refractivity contribution is 0.750. The lowest BCUT2D eigenvalue weighted by Gasteiger charge is -2.13. The van der Waals surface area contributed by atoms with Crippen molar-refractivity contribution in [3.63, 3.8) is 0 Å². The third-order valence-corrected chi connectivity index (χ3v) is 3.56. The van der Waals surface area contributed by atoms with Crippen LogP contribution in [0.1, 0.15) is 13.3 Å². The number of anilines is 1. The second-order valence-corrected chi connectivity index (χ2v) is 5.30. The molecule has 0 spiro atoms. The number of fused-ring (bicyclic) bond motifs is 1. The second-order valence-electron chi connectivity index (χ2n) is 4.31. The first-order valence-corrected chi connectivity index (χ1v) is 7.28. The van der Waals surface area contributed by atoms with Gasteiger partial charge in [-0.1, -0.05) is 12.1 Å². The number of rotatable bonds is 5. The molecule has 1 atom stereocenters. The van der Waals surface area contributed by atoms with E-state index < -0.39 is 0 Å². The maximum atomic E-state index is 4.61. The molecule has 4 heteroatoms. The first kappa shape index (κ1) is 12.3. The molecule has 0 saturated heterocycles. The molecule has 1 N–H and O–H groups in total. The molecule has 1 heterocycles. The smallest absolute Gasteiger partial charge is 0.203 e. The molecule has 1 unspecified atom stereocenters. The van der Waals surface area contributed by atoms with Gasteiger partial charge in [-0.25, -0.2) is 4.98 Å². The van der Waals surface area contributed by atoms with E-state index >= 15 is 0 Å². The Balaban J connectivity index is 2.16. The molecular weight excluding hydrogens is 230 g/mol. The van der Waals surface area contributed by atoms with Crippen LogP contribution in [0.2, 0.25) is 0 Å². The zero-order valence-corrected chi connectivity index (χ0v) is 11.4. The Hall–Kier alpha value is -1.16. The normalized spacial score (nSPS) is 12.9. The van der Waals surface area contributed by atoms with Crippen molar-refractivity contribution in [1.82, 2.24) is 9.55 Å². The minimum Gasteiger partial charge on any atom is -0.353 e. The SMILES string of the molecule is CSCCC(C)Nc1nc2ccccc2n1C. The van der Waals surface area contributed by atoms with E-state index in [1.165, 1.54) is 11.3 Å². The lowest BCUT2D eigenvalue weighted by atomic mass is 10.3. The van der Waals surface area contributed by atoms with Gasteiger partial charge in [0.15, 0.2) is 0 Å². The van der Waals surface area contributed by atoms with Crippen LogP contribution >= 0.6 is 11.8 Å². The molecule has 2 rings (SSSR count). The summed E-state index contributed by atoms with van der Waals surface area (Å²) in [6.07, 6.45) is 3.30. The third-order valence-electron chi connectivity index (χ3n) is 2.92. The Morgan fingerprint density at radius 1 is 1.41 bits per heavy atom. The van der Waals surface area contributed by atoms with E-state index in [1.54, 1.807) is 0 Å². The van der Waals surface area contributed by atoms with Crippen molar-refractivity contribution in [1.29, 1.82) is 0 Å². The van der Waals surface area contributed by atoms with Crippen LogP contribution in [0.5, 0.6) is 0 Å². The number of nitrogens with zero attached hydrogens (tertiary/aromatic N) is 2. The fourth-order valence-corrected chi connectivity index (χ4v) is 2.45. The van der Waals surface area contributed by atoms with Gasteiger partial charge in [0.1, 0.15) is 0 Å². The van der Waals surface area contributed by atoms with E-state index in [0.29, 0.717) is 6.04 Å². The number of hydrogen-bond donors (Lipinski definition) is 1. The molecular formula is C13H19N3S. The standard InChI is InChI=1S/C13H19N3S/c1-10(8-9-17-3)14-13-15-11-6-4-5-7-12(11)16(13)2/h4-7,10H,8-9H2,1-3H3,(H,14,15). The molecule has 0 radical (unpaired) electrons. The highest BCUT2D eigenvalue weighted by Gasteiger charge is 2.09. The third kappa shape index (κ3) is 2.75. The summed E-state index contributed by atoms with van der Waals surface area (Å²) >= 11 is 1.88. The summed E-state index contributed by atoms with van der Waals surface area (Å²) in [4.78, 5) is 4.61. The second kappa shape index (κ2) is 5.45. The van der Waals surface area contributed by atoms with Crippen LogP contribution in [0.15, 0.2) is 24.3 Å². The number of hydrogen-bond acceptors (Lipinski definition) is 3.